The third-order valence-electron chi connectivity index (χ3n) is 8.12. The van der Waals surface area contributed by atoms with E-state index in [-0.39, 0.29) is 41.7 Å². The van der Waals surface area contributed by atoms with Crippen molar-refractivity contribution in [3.63, 3.8) is 0 Å². The first-order valence-corrected chi connectivity index (χ1v) is 15.0. The monoisotopic (exact) mass is 593 g/mol. The molecule has 0 aromatic heterocycles. The summed E-state index contributed by atoms with van der Waals surface area (Å²) in [6.45, 7) is 8.10. The number of nitrogens with one attached hydrogen (secondary N) is 2. The first kappa shape index (κ1) is 32.3. The number of phenolic OH excluding ortho intramolecular Hbond substituents is 1. The lowest BCUT2D eigenvalue weighted by atomic mass is 9.97. The highest BCUT2D eigenvalue weighted by Gasteiger charge is 2.23. The van der Waals surface area contributed by atoms with Crippen molar-refractivity contribution < 1.29 is 19.4 Å². The summed E-state index contributed by atoms with van der Waals surface area (Å²) in [7, 11) is 3.37. The van der Waals surface area contributed by atoms with E-state index in [9.17, 15) is 14.7 Å². The average Bonchev–Trinajstić information content (AvgIpc) is 3.03. The zero-order valence-electron chi connectivity index (χ0n) is 26.4. The van der Waals surface area contributed by atoms with Gasteiger partial charge in [0.15, 0.2) is 0 Å². The predicted octanol–water partition coefficient (Wildman–Crippen LogP) is 7.14. The van der Waals surface area contributed by atoms with Crippen LogP contribution in [0, 0.1) is 6.92 Å². The molecule has 3 N–H and O–H groups in total. The highest BCUT2D eigenvalue weighted by molar-refractivity contribution is 5.99. The molecule has 0 fully saturated rings. The van der Waals surface area contributed by atoms with Gasteiger partial charge < -0.3 is 25.4 Å². The first-order chi connectivity index (χ1) is 21.0. The number of methoxy groups -OCH3 is 1. The highest BCUT2D eigenvalue weighted by Crippen LogP contribution is 2.27. The van der Waals surface area contributed by atoms with Crippen LogP contribution < -0.4 is 15.4 Å². The van der Waals surface area contributed by atoms with Crippen LogP contribution in [-0.4, -0.2) is 42.0 Å². The molecule has 0 spiro atoms. The molecule has 4 aromatic rings. The molecule has 0 aliphatic carbocycles. The summed E-state index contributed by atoms with van der Waals surface area (Å²) in [5, 5.41) is 17.0. The van der Waals surface area contributed by atoms with E-state index in [1.165, 1.54) is 5.56 Å². The van der Waals surface area contributed by atoms with Crippen molar-refractivity contribution in [2.45, 2.75) is 58.3 Å². The first-order valence-electron chi connectivity index (χ1n) is 15.0. The molecule has 0 saturated heterocycles. The molecule has 4 rings (SSSR count). The number of phenols is 1. The molecule has 2 amide bonds. The molecular weight excluding hydrogens is 550 g/mol. The Balaban J connectivity index is 1.45. The summed E-state index contributed by atoms with van der Waals surface area (Å²) in [4.78, 5) is 28.4. The van der Waals surface area contributed by atoms with Crippen LogP contribution in [0.1, 0.15) is 88.3 Å². The molecule has 0 saturated carbocycles. The lowest BCUT2D eigenvalue weighted by Gasteiger charge is -2.27. The number of aromatic hydroxyl groups is 1. The summed E-state index contributed by atoms with van der Waals surface area (Å²) in [5.41, 5.74) is 5.10. The predicted molar refractivity (Wildman–Crippen MR) is 175 cm³/mol. The van der Waals surface area contributed by atoms with Crippen LogP contribution >= 0.6 is 0 Å². The number of nitrogens with zero attached hydrogens (tertiary/aromatic N) is 1. The van der Waals surface area contributed by atoms with Crippen LogP contribution in [-0.2, 0) is 0 Å². The Morgan fingerprint density at radius 3 is 2.18 bits per heavy atom. The van der Waals surface area contributed by atoms with Crippen molar-refractivity contribution in [2.75, 3.05) is 14.2 Å². The second-order valence-corrected chi connectivity index (χ2v) is 11.5. The summed E-state index contributed by atoms with van der Waals surface area (Å²) < 4.78 is 5.34. The maximum absolute atomic E-state index is 13.4. The maximum atomic E-state index is 13.4. The molecule has 230 valence electrons. The zero-order valence-corrected chi connectivity index (χ0v) is 26.4. The van der Waals surface area contributed by atoms with Gasteiger partial charge in [0.25, 0.3) is 11.8 Å². The summed E-state index contributed by atoms with van der Waals surface area (Å²) >= 11 is 0. The van der Waals surface area contributed by atoms with Crippen LogP contribution in [0.3, 0.4) is 0 Å². The minimum atomic E-state index is -0.253. The van der Waals surface area contributed by atoms with Gasteiger partial charge in [-0.15, -0.1) is 0 Å². The Labute approximate surface area is 260 Å². The van der Waals surface area contributed by atoms with Gasteiger partial charge in [0, 0.05) is 36.3 Å². The standard InChI is InChI=1S/C37H43N3O4/c1-24-16-18-28(19-17-24)26(3)39-35(30-11-8-14-33(41)22-30)20-25(2)38-36(42)31-12-7-13-32(21-31)37(43)40(5)27(4)29-10-9-15-34(23-29)44-6/h7-19,21-23,25-27,35,39,41H,20H2,1-6H3,(H,38,42)/t25?,26-,27?,35?/m1/s1. The largest absolute Gasteiger partial charge is 0.508 e. The second kappa shape index (κ2) is 14.7. The van der Waals surface area contributed by atoms with E-state index in [4.69, 9.17) is 4.74 Å². The van der Waals surface area contributed by atoms with Gasteiger partial charge in [-0.05, 0) is 93.3 Å². The number of rotatable bonds is 12. The minimum Gasteiger partial charge on any atom is -0.508 e. The molecule has 4 atom stereocenters. The van der Waals surface area contributed by atoms with Crippen molar-refractivity contribution in [3.8, 4) is 11.5 Å². The van der Waals surface area contributed by atoms with Crippen molar-refractivity contribution in [1.82, 2.24) is 15.5 Å². The molecule has 4 aromatic carbocycles. The van der Waals surface area contributed by atoms with Crippen LogP contribution in [0.2, 0.25) is 0 Å². The third kappa shape index (κ3) is 8.26. The van der Waals surface area contributed by atoms with Gasteiger partial charge in [0.05, 0.1) is 13.2 Å². The van der Waals surface area contributed by atoms with Crippen molar-refractivity contribution in [1.29, 1.82) is 0 Å². The molecular formula is C37H43N3O4. The molecule has 7 nitrogen and oxygen atoms in total. The molecule has 44 heavy (non-hydrogen) atoms. The molecule has 0 aliphatic heterocycles. The van der Waals surface area contributed by atoms with Gasteiger partial charge in [-0.25, -0.2) is 0 Å². The van der Waals surface area contributed by atoms with Crippen LogP contribution in [0.25, 0.3) is 0 Å². The average molecular weight is 594 g/mol. The van der Waals surface area contributed by atoms with E-state index >= 15 is 0 Å². The molecule has 0 radical (unpaired) electrons. The zero-order chi connectivity index (χ0) is 31.8. The lowest BCUT2D eigenvalue weighted by molar-refractivity contribution is 0.0742. The van der Waals surface area contributed by atoms with Crippen LogP contribution in [0.5, 0.6) is 11.5 Å². The highest BCUT2D eigenvalue weighted by atomic mass is 16.5. The maximum Gasteiger partial charge on any atom is 0.254 e. The Bertz CT molecular complexity index is 1570. The second-order valence-electron chi connectivity index (χ2n) is 11.5. The normalized spacial score (nSPS) is 13.8. The van der Waals surface area contributed by atoms with E-state index in [0.717, 1.165) is 22.4 Å². The van der Waals surface area contributed by atoms with Gasteiger partial charge in [-0.2, -0.15) is 0 Å². The number of hydrogen-bond acceptors (Lipinski definition) is 5. The number of hydrogen-bond donors (Lipinski definition) is 3. The number of ether oxygens (including phenoxy) is 1. The smallest absolute Gasteiger partial charge is 0.254 e. The Morgan fingerprint density at radius 2 is 1.48 bits per heavy atom. The number of aryl methyl sites for hydroxylation is 1. The summed E-state index contributed by atoms with van der Waals surface area (Å²) in [6.07, 6.45) is 0.588. The number of benzene rings is 4. The van der Waals surface area contributed by atoms with Crippen LogP contribution in [0.4, 0.5) is 0 Å². The molecule has 7 heteroatoms. The van der Waals surface area contributed by atoms with Gasteiger partial charge >= 0.3 is 0 Å². The molecule has 0 heterocycles. The summed E-state index contributed by atoms with van der Waals surface area (Å²) in [6, 6.07) is 29.6. The van der Waals surface area contributed by atoms with Gasteiger partial charge in [0.1, 0.15) is 11.5 Å². The van der Waals surface area contributed by atoms with E-state index in [2.05, 4.69) is 48.7 Å². The summed E-state index contributed by atoms with van der Waals surface area (Å²) in [5.74, 6) is 0.494. The topological polar surface area (TPSA) is 90.9 Å². The van der Waals surface area contributed by atoms with Crippen molar-refractivity contribution in [3.05, 3.63) is 130 Å². The number of carbonyl (C=O) groups excluding carboxylic acids is 2. The van der Waals surface area contributed by atoms with E-state index in [0.29, 0.717) is 17.5 Å². The Hall–Kier alpha value is -4.62. The fourth-order valence-corrected chi connectivity index (χ4v) is 5.31. The number of carbonyl (C=O) groups is 2. The SMILES string of the molecule is COc1cccc(C(C)N(C)C(=O)c2cccc(C(=O)NC(C)CC(N[C@H](C)c3ccc(C)cc3)c3cccc(O)c3)c2)c1. The quantitative estimate of drug-likeness (QED) is 0.162. The van der Waals surface area contributed by atoms with Crippen molar-refractivity contribution >= 4 is 11.8 Å². The van der Waals surface area contributed by atoms with Crippen molar-refractivity contribution in [2.24, 2.45) is 0 Å². The lowest BCUT2D eigenvalue weighted by Crippen LogP contribution is -2.37. The van der Waals surface area contributed by atoms with E-state index < -0.39 is 0 Å². The van der Waals surface area contributed by atoms with E-state index in [1.54, 1.807) is 55.5 Å². The molecule has 3 unspecified atom stereocenters. The minimum absolute atomic E-state index is 0.0462. The molecule has 0 bridgehead atoms. The van der Waals surface area contributed by atoms with Gasteiger partial charge in [0.2, 0.25) is 0 Å². The van der Waals surface area contributed by atoms with Crippen LogP contribution in [0.15, 0.2) is 97.1 Å². The van der Waals surface area contributed by atoms with Gasteiger partial charge in [-0.3, -0.25) is 9.59 Å². The third-order valence-corrected chi connectivity index (χ3v) is 8.12. The fraction of sp³-hybridized carbons (Fsp3) is 0.297. The fourth-order valence-electron chi connectivity index (χ4n) is 5.31. The van der Waals surface area contributed by atoms with Gasteiger partial charge in [-0.1, -0.05) is 60.2 Å². The molecule has 0 aliphatic rings. The Morgan fingerprint density at radius 1 is 0.818 bits per heavy atom. The van der Waals surface area contributed by atoms with E-state index in [1.807, 2.05) is 50.2 Å². The Kier molecular flexibility index (Phi) is 10.8. The number of amides is 2.